The molecule has 7 heteroatoms. The lowest BCUT2D eigenvalue weighted by molar-refractivity contribution is 0.102. The molecule has 3 heterocycles. The average Bonchev–Trinajstić information content (AvgIpc) is 3.27. The Morgan fingerprint density at radius 1 is 1.17 bits per heavy atom. The van der Waals surface area contributed by atoms with E-state index < -0.39 is 5.91 Å². The minimum atomic E-state index is -0.445. The maximum atomic E-state index is 12.6. The van der Waals surface area contributed by atoms with Gasteiger partial charge in [0.2, 0.25) is 0 Å². The van der Waals surface area contributed by atoms with Crippen molar-refractivity contribution in [2.75, 3.05) is 11.1 Å². The van der Waals surface area contributed by atoms with Crippen LogP contribution in [0.5, 0.6) is 0 Å². The van der Waals surface area contributed by atoms with E-state index in [4.69, 9.17) is 0 Å². The Bertz CT molecular complexity index is 963. The summed E-state index contributed by atoms with van der Waals surface area (Å²) in [6.45, 7) is 0.590. The molecule has 24 heavy (non-hydrogen) atoms. The Morgan fingerprint density at radius 2 is 1.96 bits per heavy atom. The number of anilines is 1. The van der Waals surface area contributed by atoms with Crippen molar-refractivity contribution in [3.8, 4) is 5.69 Å². The number of aromatic nitrogens is 3. The summed E-state index contributed by atoms with van der Waals surface area (Å²) in [5, 5.41) is 3.50. The van der Waals surface area contributed by atoms with Crippen molar-refractivity contribution in [1.82, 2.24) is 14.1 Å². The minimum absolute atomic E-state index is 0.0589. The van der Waals surface area contributed by atoms with Crippen molar-refractivity contribution >= 4 is 23.4 Å². The van der Waals surface area contributed by atoms with Gasteiger partial charge in [-0.05, 0) is 24.3 Å². The van der Waals surface area contributed by atoms with Crippen molar-refractivity contribution in [2.24, 2.45) is 0 Å². The lowest BCUT2D eigenvalue weighted by Gasteiger charge is -2.12. The Kier molecular flexibility index (Phi) is 3.70. The second kappa shape index (κ2) is 6.01. The molecule has 4 rings (SSSR count). The van der Waals surface area contributed by atoms with Gasteiger partial charge in [-0.3, -0.25) is 14.2 Å². The van der Waals surface area contributed by atoms with Crippen LogP contribution in [0.4, 0.5) is 5.69 Å². The minimum Gasteiger partial charge on any atom is -0.322 e. The zero-order chi connectivity index (χ0) is 16.5. The fraction of sp³-hybridized carbons (Fsp3) is 0.118. The Balaban J connectivity index is 1.68. The Hall–Kier alpha value is -2.80. The standard InChI is InChI=1S/C17H14N4O2S/c22-15(12-11-18-17-21(16(12)23)9-10-24-17)19-13-5-1-2-6-14(13)20-7-3-4-8-20/h1-8,11H,9-10H2,(H,19,22). The number of thioether (sulfide) groups is 1. The molecule has 0 radical (unpaired) electrons. The molecule has 3 aromatic rings. The summed E-state index contributed by atoms with van der Waals surface area (Å²) >= 11 is 1.52. The molecule has 0 atom stereocenters. The van der Waals surface area contributed by atoms with Crippen molar-refractivity contribution in [2.45, 2.75) is 11.7 Å². The van der Waals surface area contributed by atoms with Gasteiger partial charge >= 0.3 is 0 Å². The van der Waals surface area contributed by atoms with Crippen LogP contribution < -0.4 is 10.9 Å². The van der Waals surface area contributed by atoms with Crippen LogP contribution in [-0.2, 0) is 6.54 Å². The molecule has 1 amide bonds. The molecule has 0 unspecified atom stereocenters. The molecule has 0 saturated heterocycles. The topological polar surface area (TPSA) is 68.9 Å². The smallest absolute Gasteiger partial charge is 0.267 e. The number of hydrogen-bond donors (Lipinski definition) is 1. The Labute approximate surface area is 142 Å². The van der Waals surface area contributed by atoms with Gasteiger partial charge in [0.05, 0.1) is 11.4 Å². The predicted molar refractivity (Wildman–Crippen MR) is 92.9 cm³/mol. The van der Waals surface area contributed by atoms with Crippen molar-refractivity contribution in [1.29, 1.82) is 0 Å². The van der Waals surface area contributed by atoms with E-state index >= 15 is 0 Å². The zero-order valence-electron chi connectivity index (χ0n) is 12.7. The maximum absolute atomic E-state index is 12.6. The molecular formula is C17H14N4O2S. The van der Waals surface area contributed by atoms with Crippen molar-refractivity contribution in [3.63, 3.8) is 0 Å². The van der Waals surface area contributed by atoms with E-state index in [0.29, 0.717) is 17.4 Å². The highest BCUT2D eigenvalue weighted by atomic mass is 32.2. The molecule has 1 N–H and O–H groups in total. The SMILES string of the molecule is O=C(Nc1ccccc1-n1cccc1)c1cnc2n(c1=O)CCS2. The fourth-order valence-corrected chi connectivity index (χ4v) is 3.58. The van der Waals surface area contributed by atoms with Crippen molar-refractivity contribution < 1.29 is 4.79 Å². The van der Waals surface area contributed by atoms with Gasteiger partial charge < -0.3 is 9.88 Å². The highest BCUT2D eigenvalue weighted by molar-refractivity contribution is 7.99. The first kappa shape index (κ1) is 14.8. The van der Waals surface area contributed by atoms with Gasteiger partial charge in [-0.1, -0.05) is 23.9 Å². The van der Waals surface area contributed by atoms with Crippen molar-refractivity contribution in [3.05, 3.63) is 70.9 Å². The van der Waals surface area contributed by atoms with E-state index in [1.54, 1.807) is 4.57 Å². The van der Waals surface area contributed by atoms with Crippen LogP contribution in [0.1, 0.15) is 10.4 Å². The van der Waals surface area contributed by atoms with Gasteiger partial charge in [0.15, 0.2) is 5.16 Å². The van der Waals surface area contributed by atoms with Crippen LogP contribution in [0.15, 0.2) is 64.9 Å². The molecule has 1 aromatic carbocycles. The van der Waals surface area contributed by atoms with Gasteiger partial charge in [0.25, 0.3) is 11.5 Å². The molecule has 6 nitrogen and oxygen atoms in total. The third-order valence-corrected chi connectivity index (χ3v) is 4.81. The second-order valence-corrected chi connectivity index (χ2v) is 6.38. The number of para-hydroxylation sites is 2. The van der Waals surface area contributed by atoms with Gasteiger partial charge in [-0.15, -0.1) is 0 Å². The van der Waals surface area contributed by atoms with E-state index in [1.165, 1.54) is 18.0 Å². The van der Waals surface area contributed by atoms with Gasteiger partial charge in [0.1, 0.15) is 5.56 Å². The molecule has 2 aromatic heterocycles. The van der Waals surface area contributed by atoms with E-state index in [1.807, 2.05) is 53.4 Å². The van der Waals surface area contributed by atoms with E-state index in [9.17, 15) is 9.59 Å². The molecule has 1 aliphatic heterocycles. The number of nitrogens with one attached hydrogen (secondary N) is 1. The maximum Gasteiger partial charge on any atom is 0.267 e. The molecule has 0 aliphatic carbocycles. The summed E-state index contributed by atoms with van der Waals surface area (Å²) in [5.41, 5.74) is 1.24. The molecule has 120 valence electrons. The van der Waals surface area contributed by atoms with Crippen LogP contribution in [-0.4, -0.2) is 25.8 Å². The van der Waals surface area contributed by atoms with Crippen LogP contribution >= 0.6 is 11.8 Å². The summed E-state index contributed by atoms with van der Waals surface area (Å²) in [4.78, 5) is 29.2. The number of amides is 1. The molecule has 0 bridgehead atoms. The quantitative estimate of drug-likeness (QED) is 0.745. The average molecular weight is 338 g/mol. The van der Waals surface area contributed by atoms with Gasteiger partial charge in [-0.25, -0.2) is 4.98 Å². The lowest BCUT2D eigenvalue weighted by Crippen LogP contribution is -2.29. The van der Waals surface area contributed by atoms with Crippen LogP contribution in [0.3, 0.4) is 0 Å². The number of nitrogens with zero attached hydrogens (tertiary/aromatic N) is 3. The number of fused-ring (bicyclic) bond motifs is 1. The lowest BCUT2D eigenvalue weighted by atomic mass is 10.2. The van der Waals surface area contributed by atoms with E-state index in [-0.39, 0.29) is 11.1 Å². The first-order chi connectivity index (χ1) is 11.7. The molecule has 0 spiro atoms. The first-order valence-corrected chi connectivity index (χ1v) is 8.49. The van der Waals surface area contributed by atoms with Crippen LogP contribution in [0.2, 0.25) is 0 Å². The summed E-state index contributed by atoms with van der Waals surface area (Å²) in [7, 11) is 0. The third-order valence-electron chi connectivity index (χ3n) is 3.84. The number of rotatable bonds is 3. The normalized spacial score (nSPS) is 12.8. The predicted octanol–water partition coefficient (Wildman–Crippen LogP) is 2.39. The van der Waals surface area contributed by atoms with Gasteiger partial charge in [0, 0.05) is 30.9 Å². The molecule has 1 aliphatic rings. The highest BCUT2D eigenvalue weighted by Gasteiger charge is 2.20. The fourth-order valence-electron chi connectivity index (χ4n) is 2.66. The summed E-state index contributed by atoms with van der Waals surface area (Å²) in [6.07, 6.45) is 5.15. The van der Waals surface area contributed by atoms with Crippen LogP contribution in [0.25, 0.3) is 5.69 Å². The second-order valence-electron chi connectivity index (χ2n) is 5.32. The number of benzene rings is 1. The van der Waals surface area contributed by atoms with Gasteiger partial charge in [-0.2, -0.15) is 0 Å². The van der Waals surface area contributed by atoms with E-state index in [2.05, 4.69) is 10.3 Å². The summed E-state index contributed by atoms with van der Waals surface area (Å²) < 4.78 is 3.46. The largest absolute Gasteiger partial charge is 0.322 e. The molecule has 0 fully saturated rings. The summed E-state index contributed by atoms with van der Waals surface area (Å²) in [5.74, 6) is 0.364. The van der Waals surface area contributed by atoms with E-state index in [0.717, 1.165) is 11.4 Å². The monoisotopic (exact) mass is 338 g/mol. The first-order valence-electron chi connectivity index (χ1n) is 7.50. The zero-order valence-corrected chi connectivity index (χ0v) is 13.5. The molecular weight excluding hydrogens is 324 g/mol. The summed E-state index contributed by atoms with van der Waals surface area (Å²) in [6, 6.07) is 11.3. The highest BCUT2D eigenvalue weighted by Crippen LogP contribution is 2.22. The van der Waals surface area contributed by atoms with Crippen LogP contribution in [0, 0.1) is 0 Å². The molecule has 0 saturated carbocycles. The third kappa shape index (κ3) is 2.52. The number of carbonyl (C=O) groups is 1. The Morgan fingerprint density at radius 3 is 2.79 bits per heavy atom. The number of carbonyl (C=O) groups excluding carboxylic acids is 1. The number of hydrogen-bond acceptors (Lipinski definition) is 4.